The second-order valence-corrected chi connectivity index (χ2v) is 7.28. The van der Waals surface area contributed by atoms with Crippen molar-refractivity contribution in [2.75, 3.05) is 20.2 Å². The van der Waals surface area contributed by atoms with Crippen molar-refractivity contribution in [3.05, 3.63) is 28.8 Å². The highest BCUT2D eigenvalue weighted by atomic mass is 16.5. The first kappa shape index (κ1) is 17.1. The third kappa shape index (κ3) is 3.51. The summed E-state index contributed by atoms with van der Waals surface area (Å²) in [6.45, 7) is 5.33. The van der Waals surface area contributed by atoms with Crippen molar-refractivity contribution in [2.45, 2.75) is 51.7 Å². The fraction of sp³-hybridized carbons (Fsp3) is 0.632. The first-order valence-electron chi connectivity index (χ1n) is 8.89. The third-order valence-electron chi connectivity index (χ3n) is 5.25. The van der Waals surface area contributed by atoms with Gasteiger partial charge in [-0.05, 0) is 32.3 Å². The number of aliphatic hydroxyl groups excluding tert-OH is 1. The van der Waals surface area contributed by atoms with Gasteiger partial charge in [-0.15, -0.1) is 0 Å². The normalized spacial score (nSPS) is 25.8. The van der Waals surface area contributed by atoms with Crippen molar-refractivity contribution in [1.29, 1.82) is 0 Å². The number of fused-ring (bicyclic) bond motifs is 1. The van der Waals surface area contributed by atoms with E-state index in [1.165, 1.54) is 5.56 Å². The number of hydrogen-bond acceptors (Lipinski definition) is 3. The summed E-state index contributed by atoms with van der Waals surface area (Å²) < 4.78 is 5.81. The summed E-state index contributed by atoms with van der Waals surface area (Å²) in [4.78, 5) is 14.3. The Morgan fingerprint density at radius 2 is 2.12 bits per heavy atom. The number of nitrogens with zero attached hydrogens (tertiary/aromatic N) is 1. The molecule has 5 nitrogen and oxygen atoms in total. The van der Waals surface area contributed by atoms with Gasteiger partial charge < -0.3 is 20.1 Å². The molecule has 3 atom stereocenters. The van der Waals surface area contributed by atoms with Gasteiger partial charge in [0.05, 0.1) is 18.8 Å². The first-order valence-corrected chi connectivity index (χ1v) is 8.89. The molecule has 0 aromatic heterocycles. The summed E-state index contributed by atoms with van der Waals surface area (Å²) in [5, 5.41) is 13.1. The summed E-state index contributed by atoms with van der Waals surface area (Å²) in [7, 11) is 1.81. The molecule has 1 aromatic rings. The topological polar surface area (TPSA) is 61.8 Å². The molecule has 0 spiro atoms. The monoisotopic (exact) mass is 332 g/mol. The Balaban J connectivity index is 1.67. The van der Waals surface area contributed by atoms with Crippen LogP contribution in [0.15, 0.2) is 12.1 Å². The van der Waals surface area contributed by atoms with Crippen molar-refractivity contribution < 1.29 is 14.6 Å². The molecule has 3 rings (SSSR count). The molecule has 0 unspecified atom stereocenters. The van der Waals surface area contributed by atoms with E-state index < -0.39 is 0 Å². The van der Waals surface area contributed by atoms with Gasteiger partial charge in [0.25, 0.3) is 0 Å². The quantitative estimate of drug-likeness (QED) is 0.894. The van der Waals surface area contributed by atoms with Gasteiger partial charge in [0, 0.05) is 31.5 Å². The van der Waals surface area contributed by atoms with Crippen molar-refractivity contribution in [2.24, 2.45) is 5.92 Å². The zero-order valence-corrected chi connectivity index (χ0v) is 14.8. The van der Waals surface area contributed by atoms with Crippen molar-refractivity contribution in [3.8, 4) is 5.75 Å². The van der Waals surface area contributed by atoms with E-state index in [1.807, 2.05) is 14.0 Å². The zero-order valence-electron chi connectivity index (χ0n) is 14.8. The Hall–Kier alpha value is -1.75. The molecule has 24 heavy (non-hydrogen) atoms. The largest absolute Gasteiger partial charge is 0.493 e. The van der Waals surface area contributed by atoms with Crippen LogP contribution in [-0.4, -0.2) is 42.3 Å². The number of amides is 2. The minimum Gasteiger partial charge on any atom is -0.493 e. The van der Waals surface area contributed by atoms with Crippen molar-refractivity contribution in [3.63, 3.8) is 0 Å². The minimum absolute atomic E-state index is 0.0178. The summed E-state index contributed by atoms with van der Waals surface area (Å²) in [5.41, 5.74) is 3.37. The van der Waals surface area contributed by atoms with E-state index in [1.54, 1.807) is 4.90 Å². The Bertz CT molecular complexity index is 617. The molecular weight excluding hydrogens is 304 g/mol. The lowest BCUT2D eigenvalue weighted by molar-refractivity contribution is 0.113. The molecule has 0 saturated heterocycles. The molecule has 1 aliphatic carbocycles. The Labute approximate surface area is 144 Å². The molecule has 1 aliphatic heterocycles. The molecule has 1 heterocycles. The molecule has 2 N–H and O–H groups in total. The predicted molar refractivity (Wildman–Crippen MR) is 93.3 cm³/mol. The van der Waals surface area contributed by atoms with Gasteiger partial charge in [0.15, 0.2) is 0 Å². The number of benzene rings is 1. The van der Waals surface area contributed by atoms with E-state index in [-0.39, 0.29) is 24.1 Å². The third-order valence-corrected chi connectivity index (χ3v) is 5.25. The molecule has 2 aliphatic rings. The maximum absolute atomic E-state index is 12.6. The van der Waals surface area contributed by atoms with Crippen LogP contribution < -0.4 is 10.1 Å². The fourth-order valence-corrected chi connectivity index (χ4v) is 3.95. The maximum atomic E-state index is 12.6. The van der Waals surface area contributed by atoms with Crippen LogP contribution in [-0.2, 0) is 0 Å². The van der Waals surface area contributed by atoms with Gasteiger partial charge in [-0.25, -0.2) is 4.79 Å². The average Bonchev–Trinajstić information content (AvgIpc) is 2.93. The number of aryl methyl sites for hydroxylation is 2. The van der Waals surface area contributed by atoms with E-state index >= 15 is 0 Å². The lowest BCUT2D eigenvalue weighted by Crippen LogP contribution is -2.43. The summed E-state index contributed by atoms with van der Waals surface area (Å²) in [6.07, 6.45) is 3.41. The number of urea groups is 1. The number of ether oxygens (including phenoxy) is 1. The maximum Gasteiger partial charge on any atom is 0.317 e. The zero-order chi connectivity index (χ0) is 17.3. The Morgan fingerprint density at radius 1 is 1.33 bits per heavy atom. The molecule has 0 radical (unpaired) electrons. The van der Waals surface area contributed by atoms with Crippen LogP contribution in [0.5, 0.6) is 5.75 Å². The number of rotatable bonds is 3. The highest BCUT2D eigenvalue weighted by Gasteiger charge is 2.29. The summed E-state index contributed by atoms with van der Waals surface area (Å²) in [6, 6.07) is 4.12. The predicted octanol–water partition coefficient (Wildman–Crippen LogP) is 2.93. The van der Waals surface area contributed by atoms with E-state index in [2.05, 4.69) is 24.4 Å². The number of carbonyl (C=O) groups excluding carboxylic acids is 1. The van der Waals surface area contributed by atoms with Gasteiger partial charge >= 0.3 is 6.03 Å². The van der Waals surface area contributed by atoms with Crippen molar-refractivity contribution >= 4 is 6.03 Å². The molecule has 132 valence electrons. The lowest BCUT2D eigenvalue weighted by atomic mass is 9.96. The van der Waals surface area contributed by atoms with Crippen LogP contribution in [0.2, 0.25) is 0 Å². The van der Waals surface area contributed by atoms with Crippen LogP contribution in [0.25, 0.3) is 0 Å². The van der Waals surface area contributed by atoms with E-state index in [4.69, 9.17) is 4.74 Å². The van der Waals surface area contributed by atoms with Crippen molar-refractivity contribution in [1.82, 2.24) is 10.2 Å². The SMILES string of the molecule is Cc1cc(C)c2c(c1)[C@H](NC(=O)N(C)C[C@@H]1CCC[C@@H]1O)CCO2. The second kappa shape index (κ2) is 7.01. The van der Waals surface area contributed by atoms with Gasteiger partial charge in [-0.1, -0.05) is 24.1 Å². The fourth-order valence-electron chi connectivity index (χ4n) is 3.95. The molecule has 1 aromatic carbocycles. The van der Waals surface area contributed by atoms with Crippen LogP contribution in [0, 0.1) is 19.8 Å². The van der Waals surface area contributed by atoms with E-state index in [9.17, 15) is 9.90 Å². The lowest BCUT2D eigenvalue weighted by Gasteiger charge is -2.31. The molecule has 1 saturated carbocycles. The summed E-state index contributed by atoms with van der Waals surface area (Å²) in [5.74, 6) is 1.11. The average molecular weight is 332 g/mol. The van der Waals surface area contributed by atoms with Gasteiger partial charge in [0.1, 0.15) is 5.75 Å². The molecular formula is C19H28N2O3. The number of hydrogen-bond donors (Lipinski definition) is 2. The molecule has 1 fully saturated rings. The van der Waals surface area contributed by atoms with Crippen LogP contribution in [0.4, 0.5) is 4.79 Å². The van der Waals surface area contributed by atoms with Crippen LogP contribution in [0.3, 0.4) is 0 Å². The van der Waals surface area contributed by atoms with Gasteiger partial charge in [-0.2, -0.15) is 0 Å². The standard InChI is InChI=1S/C19H28N2O3/c1-12-9-13(2)18-15(10-12)16(7-8-24-18)20-19(23)21(3)11-14-5-4-6-17(14)22/h9-10,14,16-17,22H,4-8,11H2,1-3H3,(H,20,23)/t14-,16+,17-/m0/s1. The van der Waals surface area contributed by atoms with E-state index in [0.717, 1.165) is 42.6 Å². The second-order valence-electron chi connectivity index (χ2n) is 7.28. The number of carbonyl (C=O) groups is 1. The number of aliphatic hydroxyl groups is 1. The number of nitrogens with one attached hydrogen (secondary N) is 1. The van der Waals surface area contributed by atoms with Gasteiger partial charge in [0.2, 0.25) is 0 Å². The van der Waals surface area contributed by atoms with Gasteiger partial charge in [-0.3, -0.25) is 0 Å². The smallest absolute Gasteiger partial charge is 0.317 e. The first-order chi connectivity index (χ1) is 11.5. The summed E-state index contributed by atoms with van der Waals surface area (Å²) >= 11 is 0. The Morgan fingerprint density at radius 3 is 2.83 bits per heavy atom. The molecule has 0 bridgehead atoms. The minimum atomic E-state index is -0.269. The van der Waals surface area contributed by atoms with E-state index in [0.29, 0.717) is 13.2 Å². The highest BCUT2D eigenvalue weighted by molar-refractivity contribution is 5.74. The van der Waals surface area contributed by atoms with Crippen LogP contribution in [0.1, 0.15) is 48.4 Å². The Kier molecular flexibility index (Phi) is 4.99. The molecule has 2 amide bonds. The highest BCUT2D eigenvalue weighted by Crippen LogP contribution is 2.35. The molecule has 5 heteroatoms. The van der Waals surface area contributed by atoms with Crippen LogP contribution >= 0.6 is 0 Å².